The number of fused-ring (bicyclic) bond motifs is 1. The summed E-state index contributed by atoms with van der Waals surface area (Å²) in [6.07, 6.45) is 7.03. The summed E-state index contributed by atoms with van der Waals surface area (Å²) in [5.41, 5.74) is 8.68. The molecule has 0 aromatic carbocycles. The van der Waals surface area contributed by atoms with Gasteiger partial charge in [-0.1, -0.05) is 6.07 Å². The fourth-order valence-electron chi connectivity index (χ4n) is 5.25. The normalized spacial score (nSPS) is 34.2. The highest BCUT2D eigenvalue weighted by molar-refractivity contribution is 5.41. The maximum absolute atomic E-state index is 10.5. The minimum absolute atomic E-state index is 0.172. The fraction of sp³-hybridized carbons (Fsp3) is 0.636. The average Bonchev–Trinajstić information content (AvgIpc) is 3.40. The fourth-order valence-corrected chi connectivity index (χ4v) is 5.25. The molecule has 3 aliphatic heterocycles. The first-order chi connectivity index (χ1) is 14.5. The van der Waals surface area contributed by atoms with E-state index in [1.807, 2.05) is 17.8 Å². The number of anilines is 1. The molecule has 2 aromatic rings. The van der Waals surface area contributed by atoms with Gasteiger partial charge in [0.05, 0.1) is 23.5 Å². The molecular formula is C22H33N7O. The maximum Gasteiger partial charge on any atom is 0.128 e. The summed E-state index contributed by atoms with van der Waals surface area (Å²) >= 11 is 0. The number of nitrogens with zero attached hydrogens (tertiary/aromatic N) is 4. The standard InChI is InChI=1S/C22H33N7O/c1-3-29-13-15(11-24-29)18-10-16-19(12-23-18)26-27-21(16)17-6-4-7-20(25-17)28-9-5-8-22(2,30)14-28/h4,6-7,11,13,16,18-19,21,23,26-27,30H,3,5,8-10,12,14H2,1-2H3/t16?,18?,19?,21?,22-/m1/s1. The molecule has 0 bridgehead atoms. The summed E-state index contributed by atoms with van der Waals surface area (Å²) in [6, 6.07) is 7.16. The van der Waals surface area contributed by atoms with E-state index in [0.717, 1.165) is 50.4 Å². The van der Waals surface area contributed by atoms with E-state index in [1.54, 1.807) is 0 Å². The highest BCUT2D eigenvalue weighted by Crippen LogP contribution is 2.38. The van der Waals surface area contributed by atoms with Crippen molar-refractivity contribution in [2.45, 2.75) is 63.4 Å². The van der Waals surface area contributed by atoms with Crippen LogP contribution in [0.4, 0.5) is 5.82 Å². The summed E-state index contributed by atoms with van der Waals surface area (Å²) in [5.74, 6) is 1.42. The molecule has 8 nitrogen and oxygen atoms in total. The molecule has 0 saturated carbocycles. The quantitative estimate of drug-likeness (QED) is 0.606. The highest BCUT2D eigenvalue weighted by Gasteiger charge is 2.42. The van der Waals surface area contributed by atoms with Crippen molar-refractivity contribution in [1.82, 2.24) is 30.9 Å². The van der Waals surface area contributed by atoms with Crippen LogP contribution >= 0.6 is 0 Å². The molecule has 8 heteroatoms. The van der Waals surface area contributed by atoms with Crippen molar-refractivity contribution in [3.8, 4) is 0 Å². The Hall–Kier alpha value is -2.00. The van der Waals surface area contributed by atoms with Crippen LogP contribution in [0.1, 0.15) is 56.5 Å². The second-order valence-electron chi connectivity index (χ2n) is 9.31. The lowest BCUT2D eigenvalue weighted by atomic mass is 9.82. The van der Waals surface area contributed by atoms with Gasteiger partial charge in [0.1, 0.15) is 5.82 Å². The van der Waals surface area contributed by atoms with Crippen LogP contribution in [-0.2, 0) is 6.54 Å². The summed E-state index contributed by atoms with van der Waals surface area (Å²) in [7, 11) is 0. The molecular weight excluding hydrogens is 378 g/mol. The Kier molecular flexibility index (Phi) is 5.26. The molecule has 5 atom stereocenters. The second-order valence-corrected chi connectivity index (χ2v) is 9.31. The Bertz CT molecular complexity index is 882. The molecule has 162 valence electrons. The molecule has 30 heavy (non-hydrogen) atoms. The van der Waals surface area contributed by atoms with Crippen LogP contribution in [0, 0.1) is 5.92 Å². The number of β-amino-alcohol motifs (C(OH)–C–C–N with tert-alkyl or cyclic N) is 1. The van der Waals surface area contributed by atoms with E-state index >= 15 is 0 Å². The highest BCUT2D eigenvalue weighted by atomic mass is 16.3. The lowest BCUT2D eigenvalue weighted by molar-refractivity contribution is 0.0447. The zero-order valence-electron chi connectivity index (χ0n) is 17.9. The molecule has 0 amide bonds. The predicted molar refractivity (Wildman–Crippen MR) is 116 cm³/mol. The smallest absolute Gasteiger partial charge is 0.128 e. The van der Waals surface area contributed by atoms with Crippen molar-refractivity contribution >= 4 is 5.82 Å². The van der Waals surface area contributed by atoms with E-state index in [0.29, 0.717) is 24.5 Å². The van der Waals surface area contributed by atoms with E-state index in [4.69, 9.17) is 4.98 Å². The largest absolute Gasteiger partial charge is 0.388 e. The number of piperidine rings is 2. The number of aromatic nitrogens is 3. The molecule has 0 radical (unpaired) electrons. The second kappa shape index (κ2) is 7.92. The van der Waals surface area contributed by atoms with E-state index < -0.39 is 5.60 Å². The van der Waals surface area contributed by atoms with Crippen molar-refractivity contribution in [3.63, 3.8) is 0 Å². The molecule has 3 aliphatic rings. The molecule has 2 aromatic heterocycles. The molecule has 3 fully saturated rings. The zero-order chi connectivity index (χ0) is 20.7. The zero-order valence-corrected chi connectivity index (χ0v) is 17.9. The van der Waals surface area contributed by atoms with Crippen molar-refractivity contribution in [3.05, 3.63) is 41.9 Å². The third-order valence-electron chi connectivity index (χ3n) is 6.91. The lowest BCUT2D eigenvalue weighted by Gasteiger charge is -2.38. The first kappa shape index (κ1) is 19.9. The van der Waals surface area contributed by atoms with Crippen molar-refractivity contribution < 1.29 is 5.11 Å². The van der Waals surface area contributed by atoms with Gasteiger partial charge in [0.2, 0.25) is 0 Å². The number of aryl methyl sites for hydroxylation is 1. The number of hydrazine groups is 1. The Balaban J connectivity index is 1.34. The third kappa shape index (κ3) is 3.85. The molecule has 4 unspecified atom stereocenters. The SMILES string of the molecule is CCn1cc(C2CC3C(CN2)NNC3c2cccc(N3CCC[C@@](C)(O)C3)n2)cn1. The van der Waals surface area contributed by atoms with Crippen LogP contribution < -0.4 is 21.1 Å². The van der Waals surface area contributed by atoms with Crippen LogP contribution in [0.5, 0.6) is 0 Å². The van der Waals surface area contributed by atoms with Crippen LogP contribution in [0.25, 0.3) is 0 Å². The van der Waals surface area contributed by atoms with Crippen molar-refractivity contribution in [1.29, 1.82) is 0 Å². The van der Waals surface area contributed by atoms with Gasteiger partial charge in [-0.25, -0.2) is 10.4 Å². The van der Waals surface area contributed by atoms with E-state index in [2.05, 4.69) is 57.5 Å². The van der Waals surface area contributed by atoms with E-state index in [-0.39, 0.29) is 6.04 Å². The molecule has 4 N–H and O–H groups in total. The number of pyridine rings is 1. The first-order valence-electron chi connectivity index (χ1n) is 11.2. The number of hydrogen-bond acceptors (Lipinski definition) is 7. The Morgan fingerprint density at radius 2 is 2.20 bits per heavy atom. The van der Waals surface area contributed by atoms with Gasteiger partial charge in [-0.2, -0.15) is 5.10 Å². The monoisotopic (exact) mass is 411 g/mol. The molecule has 5 heterocycles. The van der Waals surface area contributed by atoms with Crippen molar-refractivity contribution in [2.75, 3.05) is 24.5 Å². The number of hydrogen-bond donors (Lipinski definition) is 4. The summed E-state index contributed by atoms with van der Waals surface area (Å²) in [5, 5.41) is 18.6. The van der Waals surface area contributed by atoms with Crippen molar-refractivity contribution in [2.24, 2.45) is 5.92 Å². The Morgan fingerprint density at radius 3 is 3.00 bits per heavy atom. The van der Waals surface area contributed by atoms with Gasteiger partial charge >= 0.3 is 0 Å². The minimum atomic E-state index is -0.639. The maximum atomic E-state index is 10.5. The molecule has 0 spiro atoms. The average molecular weight is 412 g/mol. The predicted octanol–water partition coefficient (Wildman–Crippen LogP) is 1.52. The molecule has 0 aliphatic carbocycles. The molecule has 5 rings (SSSR count). The lowest BCUT2D eigenvalue weighted by Crippen LogP contribution is -2.46. The van der Waals surface area contributed by atoms with Gasteiger partial charge in [-0.05, 0) is 45.2 Å². The third-order valence-corrected chi connectivity index (χ3v) is 6.91. The van der Waals surface area contributed by atoms with Gasteiger partial charge < -0.3 is 15.3 Å². The van der Waals surface area contributed by atoms with Gasteiger partial charge in [-0.15, -0.1) is 0 Å². The Morgan fingerprint density at radius 1 is 1.30 bits per heavy atom. The van der Waals surface area contributed by atoms with E-state index in [1.165, 1.54) is 5.56 Å². The van der Waals surface area contributed by atoms with Gasteiger partial charge in [-0.3, -0.25) is 10.1 Å². The molecule has 3 saturated heterocycles. The van der Waals surface area contributed by atoms with Gasteiger partial charge in [0, 0.05) is 55.9 Å². The number of nitrogens with one attached hydrogen (secondary N) is 3. The van der Waals surface area contributed by atoms with Crippen LogP contribution in [0.3, 0.4) is 0 Å². The number of aliphatic hydroxyl groups is 1. The van der Waals surface area contributed by atoms with Crippen LogP contribution in [0.2, 0.25) is 0 Å². The van der Waals surface area contributed by atoms with Crippen LogP contribution in [0.15, 0.2) is 30.6 Å². The van der Waals surface area contributed by atoms with Crippen LogP contribution in [-0.4, -0.2) is 51.1 Å². The first-order valence-corrected chi connectivity index (χ1v) is 11.2. The Labute approximate surface area is 178 Å². The van der Waals surface area contributed by atoms with E-state index in [9.17, 15) is 5.11 Å². The summed E-state index contributed by atoms with van der Waals surface area (Å²) in [4.78, 5) is 7.25. The van der Waals surface area contributed by atoms with Gasteiger partial charge in [0.15, 0.2) is 0 Å². The minimum Gasteiger partial charge on any atom is -0.388 e. The topological polar surface area (TPSA) is 90.3 Å². The summed E-state index contributed by atoms with van der Waals surface area (Å²) in [6.45, 7) is 7.44. The van der Waals surface area contributed by atoms with Gasteiger partial charge in [0.25, 0.3) is 0 Å². The summed E-state index contributed by atoms with van der Waals surface area (Å²) < 4.78 is 1.99. The number of rotatable bonds is 4.